The van der Waals surface area contributed by atoms with Crippen molar-refractivity contribution in [1.82, 2.24) is 10.0 Å². The van der Waals surface area contributed by atoms with Crippen LogP contribution >= 0.6 is 0 Å². The molecule has 2 N–H and O–H groups in total. The smallest absolute Gasteiger partial charge is 0.208 e. The lowest BCUT2D eigenvalue weighted by Crippen LogP contribution is -2.58. The Morgan fingerprint density at radius 1 is 1.53 bits per heavy atom. The van der Waals surface area contributed by atoms with E-state index in [-0.39, 0.29) is 17.7 Å². The van der Waals surface area contributed by atoms with Gasteiger partial charge in [-0.05, 0) is 20.8 Å². The Bertz CT molecular complexity index is 313. The number of nitrogens with one attached hydrogen (secondary N) is 2. The van der Waals surface area contributed by atoms with E-state index in [1.165, 1.54) is 0 Å². The third-order valence-corrected chi connectivity index (χ3v) is 3.12. The molecule has 5 nitrogen and oxygen atoms in total. The third-order valence-electron chi connectivity index (χ3n) is 2.42. The number of hydrogen-bond donors (Lipinski definition) is 2. The molecule has 0 aromatic carbocycles. The highest BCUT2D eigenvalue weighted by atomic mass is 32.2. The quantitative estimate of drug-likeness (QED) is 0.705. The van der Waals surface area contributed by atoms with Gasteiger partial charge in [-0.2, -0.15) is 0 Å². The molecule has 0 aromatic rings. The largest absolute Gasteiger partial charge is 0.368 e. The van der Waals surface area contributed by atoms with Crippen molar-refractivity contribution < 1.29 is 13.2 Å². The summed E-state index contributed by atoms with van der Waals surface area (Å²) in [6.45, 7) is 7.06. The molecule has 1 fully saturated rings. The summed E-state index contributed by atoms with van der Waals surface area (Å²) in [5.74, 6) is 0. The summed E-state index contributed by atoms with van der Waals surface area (Å²) in [5, 5.41) is 3.30. The second kappa shape index (κ2) is 4.37. The van der Waals surface area contributed by atoms with Gasteiger partial charge in [-0.15, -0.1) is 0 Å². The van der Waals surface area contributed by atoms with E-state index in [1.54, 1.807) is 0 Å². The molecule has 0 aliphatic carbocycles. The van der Waals surface area contributed by atoms with Gasteiger partial charge in [-0.3, -0.25) is 0 Å². The summed E-state index contributed by atoms with van der Waals surface area (Å²) in [5.41, 5.74) is -0.240. The minimum atomic E-state index is -3.14. The maximum atomic E-state index is 11.0. The van der Waals surface area contributed by atoms with Crippen LogP contribution < -0.4 is 10.0 Å². The monoisotopic (exact) mass is 236 g/mol. The van der Waals surface area contributed by atoms with Gasteiger partial charge >= 0.3 is 0 Å². The average Bonchev–Trinajstić information content (AvgIpc) is 2.05. The van der Waals surface area contributed by atoms with Gasteiger partial charge in [0.1, 0.15) is 0 Å². The van der Waals surface area contributed by atoms with E-state index >= 15 is 0 Å². The van der Waals surface area contributed by atoms with Crippen molar-refractivity contribution in [2.45, 2.75) is 38.5 Å². The predicted molar refractivity (Wildman–Crippen MR) is 59.3 cm³/mol. The molecule has 6 heteroatoms. The van der Waals surface area contributed by atoms with Gasteiger partial charge in [0.2, 0.25) is 10.0 Å². The third kappa shape index (κ3) is 4.46. The van der Waals surface area contributed by atoms with Crippen LogP contribution in [-0.2, 0) is 14.8 Å². The van der Waals surface area contributed by atoms with Crippen molar-refractivity contribution in [3.63, 3.8) is 0 Å². The Balaban J connectivity index is 2.52. The molecule has 1 aliphatic heterocycles. The Morgan fingerprint density at radius 3 is 2.67 bits per heavy atom. The van der Waals surface area contributed by atoms with E-state index in [1.807, 2.05) is 20.8 Å². The fourth-order valence-corrected chi connectivity index (χ4v) is 2.01. The van der Waals surface area contributed by atoms with Gasteiger partial charge in [-0.25, -0.2) is 13.1 Å². The van der Waals surface area contributed by atoms with Crippen molar-refractivity contribution in [2.75, 3.05) is 19.3 Å². The van der Waals surface area contributed by atoms with E-state index < -0.39 is 10.0 Å². The van der Waals surface area contributed by atoms with Gasteiger partial charge in [0.05, 0.1) is 18.0 Å². The zero-order valence-electron chi connectivity index (χ0n) is 9.70. The zero-order valence-corrected chi connectivity index (χ0v) is 10.5. The molecule has 1 aliphatic rings. The summed E-state index contributed by atoms with van der Waals surface area (Å²) in [7, 11) is -3.14. The summed E-state index contributed by atoms with van der Waals surface area (Å²) in [6.07, 6.45) is 1.03. The molecular formula is C9H20N2O3S. The molecule has 0 radical (unpaired) electrons. The molecule has 0 saturated carbocycles. The molecular weight excluding hydrogens is 216 g/mol. The first-order valence-corrected chi connectivity index (χ1v) is 6.95. The lowest BCUT2D eigenvalue weighted by atomic mass is 10.0. The molecule has 0 amide bonds. The van der Waals surface area contributed by atoms with Gasteiger partial charge in [-0.1, -0.05) is 0 Å². The number of rotatable bonds is 3. The Morgan fingerprint density at radius 2 is 2.13 bits per heavy atom. The van der Waals surface area contributed by atoms with Crippen LogP contribution in [-0.4, -0.2) is 45.5 Å². The fourth-order valence-electron chi connectivity index (χ4n) is 1.54. The first-order valence-electron chi connectivity index (χ1n) is 5.05. The van der Waals surface area contributed by atoms with Crippen molar-refractivity contribution in [1.29, 1.82) is 0 Å². The van der Waals surface area contributed by atoms with Crippen LogP contribution in [0.3, 0.4) is 0 Å². The van der Waals surface area contributed by atoms with Gasteiger partial charge < -0.3 is 10.1 Å². The summed E-state index contributed by atoms with van der Waals surface area (Å²) >= 11 is 0. The molecule has 1 heterocycles. The summed E-state index contributed by atoms with van der Waals surface area (Å²) in [6, 6.07) is 0.160. The molecule has 15 heavy (non-hydrogen) atoms. The molecule has 0 bridgehead atoms. The highest BCUT2D eigenvalue weighted by Crippen LogP contribution is 2.18. The predicted octanol–water partition coefficient (Wildman–Crippen LogP) is -0.309. The topological polar surface area (TPSA) is 67.4 Å². The highest BCUT2D eigenvalue weighted by Gasteiger charge is 2.33. The molecule has 1 saturated heterocycles. The number of sulfonamides is 1. The van der Waals surface area contributed by atoms with E-state index in [2.05, 4.69) is 10.0 Å². The molecule has 2 unspecified atom stereocenters. The Kier molecular flexibility index (Phi) is 3.76. The second-order valence-electron chi connectivity index (χ2n) is 4.71. The van der Waals surface area contributed by atoms with Crippen LogP contribution in [0.25, 0.3) is 0 Å². The lowest BCUT2D eigenvalue weighted by molar-refractivity contribution is -0.108. The van der Waals surface area contributed by atoms with Crippen molar-refractivity contribution in [3.05, 3.63) is 0 Å². The minimum Gasteiger partial charge on any atom is -0.368 e. The summed E-state index contributed by atoms with van der Waals surface area (Å²) in [4.78, 5) is 0. The Hall–Kier alpha value is -0.170. The van der Waals surface area contributed by atoms with Crippen LogP contribution in [0.4, 0.5) is 0 Å². The Labute approximate surface area is 91.6 Å². The fraction of sp³-hybridized carbons (Fsp3) is 1.00. The first-order chi connectivity index (χ1) is 6.70. The summed E-state index contributed by atoms with van der Waals surface area (Å²) < 4.78 is 30.2. The zero-order chi connectivity index (χ0) is 11.7. The molecule has 1 rings (SSSR count). The van der Waals surface area contributed by atoms with Gasteiger partial charge in [0, 0.05) is 19.1 Å². The molecule has 0 aromatic heterocycles. The standard InChI is InChI=1S/C9H20N2O3S/c1-7-8(5-11-15(4,12)13)14-9(2,3)6-10-7/h7-8,10-11H,5-6H2,1-4H3. The average molecular weight is 236 g/mol. The van der Waals surface area contributed by atoms with Crippen molar-refractivity contribution in [2.24, 2.45) is 0 Å². The normalized spacial score (nSPS) is 31.5. The van der Waals surface area contributed by atoms with Crippen molar-refractivity contribution >= 4 is 10.0 Å². The lowest BCUT2D eigenvalue weighted by Gasteiger charge is -2.40. The molecule has 0 spiro atoms. The minimum absolute atomic E-state index is 0.122. The maximum Gasteiger partial charge on any atom is 0.208 e. The van der Waals surface area contributed by atoms with E-state index in [4.69, 9.17) is 4.74 Å². The molecule has 90 valence electrons. The number of ether oxygens (including phenoxy) is 1. The van der Waals surface area contributed by atoms with E-state index in [0.29, 0.717) is 6.54 Å². The van der Waals surface area contributed by atoms with Gasteiger partial charge in [0.25, 0.3) is 0 Å². The maximum absolute atomic E-state index is 11.0. The van der Waals surface area contributed by atoms with Crippen LogP contribution in [0.5, 0.6) is 0 Å². The van der Waals surface area contributed by atoms with Crippen LogP contribution in [0.1, 0.15) is 20.8 Å². The van der Waals surface area contributed by atoms with Crippen LogP contribution in [0.2, 0.25) is 0 Å². The van der Waals surface area contributed by atoms with E-state index in [9.17, 15) is 8.42 Å². The molecule has 2 atom stereocenters. The second-order valence-corrected chi connectivity index (χ2v) is 6.54. The number of morpholine rings is 1. The van der Waals surface area contributed by atoms with Gasteiger partial charge in [0.15, 0.2) is 0 Å². The van der Waals surface area contributed by atoms with Crippen LogP contribution in [0.15, 0.2) is 0 Å². The van der Waals surface area contributed by atoms with Crippen LogP contribution in [0, 0.1) is 0 Å². The highest BCUT2D eigenvalue weighted by molar-refractivity contribution is 7.88. The number of hydrogen-bond acceptors (Lipinski definition) is 4. The SMILES string of the molecule is CC1NCC(C)(C)OC1CNS(C)(=O)=O. The van der Waals surface area contributed by atoms with Crippen molar-refractivity contribution in [3.8, 4) is 0 Å². The van der Waals surface area contributed by atoms with E-state index in [0.717, 1.165) is 12.8 Å². The first kappa shape index (κ1) is 12.9.